The lowest BCUT2D eigenvalue weighted by molar-refractivity contribution is -0.140. The minimum absolute atomic E-state index is 0.0861. The Morgan fingerprint density at radius 1 is 1.13 bits per heavy atom. The van der Waals surface area contributed by atoms with Crippen LogP contribution in [0.15, 0.2) is 65.6 Å². The summed E-state index contributed by atoms with van der Waals surface area (Å²) in [6.45, 7) is 4.50. The van der Waals surface area contributed by atoms with Crippen molar-refractivity contribution in [3.8, 4) is 12.3 Å². The first-order valence-corrected chi connectivity index (χ1v) is 10.6. The van der Waals surface area contributed by atoms with E-state index in [-0.39, 0.29) is 18.4 Å². The summed E-state index contributed by atoms with van der Waals surface area (Å²) >= 11 is 1.60. The fourth-order valence-corrected chi connectivity index (χ4v) is 4.19. The van der Waals surface area contributed by atoms with Crippen LogP contribution in [-0.4, -0.2) is 25.7 Å². The number of fused-ring (bicyclic) bond motifs is 1. The van der Waals surface area contributed by atoms with Gasteiger partial charge < -0.3 is 14.4 Å². The molecule has 3 aromatic carbocycles. The van der Waals surface area contributed by atoms with Gasteiger partial charge in [-0.25, -0.2) is 0 Å². The fourth-order valence-electron chi connectivity index (χ4n) is 3.42. The summed E-state index contributed by atoms with van der Waals surface area (Å²) < 4.78 is 8.34. The number of carbonyl (C=O) groups excluding carboxylic acids is 1. The summed E-state index contributed by atoms with van der Waals surface area (Å²) in [7, 11) is 1.41. The monoisotopic (exact) mass is 418 g/mol. The minimum atomic E-state index is -0.248. The third kappa shape index (κ3) is 4.90. The van der Waals surface area contributed by atoms with Crippen LogP contribution in [0.25, 0.3) is 10.8 Å². The first-order chi connectivity index (χ1) is 14.5. The van der Waals surface area contributed by atoms with E-state index in [0.29, 0.717) is 6.54 Å². The van der Waals surface area contributed by atoms with Crippen LogP contribution in [0.5, 0.6) is 0 Å². The zero-order valence-corrected chi connectivity index (χ0v) is 18.3. The number of ether oxygens (including phenoxy) is 1. The highest BCUT2D eigenvalue weighted by Crippen LogP contribution is 2.36. The summed E-state index contributed by atoms with van der Waals surface area (Å²) in [5.41, 5.74) is 3.27. The summed E-state index contributed by atoms with van der Waals surface area (Å²) in [6.07, 6.45) is 5.92. The topological polar surface area (TPSA) is 41.6 Å². The molecule has 154 valence electrons. The standard InChI is InChI=1S/C25H26N2O2S/c1-5-16-27(19(3)17-25(28)29-4)23-15-14-22(20-11-7-8-12-21(20)23)26-30-24-13-9-6-10-18(24)2/h1,6-15,19,26H,16-17H2,2-4H3. The number of aryl methyl sites for hydroxylation is 1. The zero-order chi connectivity index (χ0) is 21.5. The number of carbonyl (C=O) groups is 1. The van der Waals surface area contributed by atoms with E-state index in [4.69, 9.17) is 11.2 Å². The molecular weight excluding hydrogens is 392 g/mol. The lowest BCUT2D eigenvalue weighted by Crippen LogP contribution is -2.35. The second kappa shape index (κ2) is 10.1. The molecule has 30 heavy (non-hydrogen) atoms. The molecule has 5 heteroatoms. The fraction of sp³-hybridized carbons (Fsp3) is 0.240. The highest BCUT2D eigenvalue weighted by atomic mass is 32.2. The number of rotatable bonds is 8. The maximum absolute atomic E-state index is 11.8. The van der Waals surface area contributed by atoms with E-state index < -0.39 is 0 Å². The molecule has 1 atom stereocenters. The van der Waals surface area contributed by atoms with E-state index in [9.17, 15) is 4.79 Å². The molecule has 1 unspecified atom stereocenters. The number of hydrogen-bond donors (Lipinski definition) is 1. The third-order valence-electron chi connectivity index (χ3n) is 5.06. The van der Waals surface area contributed by atoms with Crippen LogP contribution in [0.3, 0.4) is 0 Å². The molecule has 0 fully saturated rings. The van der Waals surface area contributed by atoms with Crippen LogP contribution in [0.4, 0.5) is 11.4 Å². The Kier molecular flexibility index (Phi) is 7.26. The van der Waals surface area contributed by atoms with Gasteiger partial charge in [-0.3, -0.25) is 4.79 Å². The largest absolute Gasteiger partial charge is 0.469 e. The molecular formula is C25H26N2O2S. The molecule has 0 aliphatic heterocycles. The van der Waals surface area contributed by atoms with Gasteiger partial charge in [0.1, 0.15) is 0 Å². The van der Waals surface area contributed by atoms with Gasteiger partial charge in [0.05, 0.1) is 25.8 Å². The van der Waals surface area contributed by atoms with Gasteiger partial charge in [-0.1, -0.05) is 48.4 Å². The third-order valence-corrected chi connectivity index (χ3v) is 6.06. The lowest BCUT2D eigenvalue weighted by atomic mass is 10.0. The predicted octanol–water partition coefficient (Wildman–Crippen LogP) is 5.66. The number of nitrogens with zero attached hydrogens (tertiary/aromatic N) is 1. The second-order valence-corrected chi connectivity index (χ2v) is 7.96. The number of nitrogens with one attached hydrogen (secondary N) is 1. The van der Waals surface area contributed by atoms with Crippen LogP contribution in [-0.2, 0) is 9.53 Å². The summed E-state index contributed by atoms with van der Waals surface area (Å²) in [5.74, 6) is 2.48. The minimum Gasteiger partial charge on any atom is -0.469 e. The predicted molar refractivity (Wildman–Crippen MR) is 127 cm³/mol. The summed E-state index contributed by atoms with van der Waals surface area (Å²) in [4.78, 5) is 15.1. The van der Waals surface area contributed by atoms with Crippen LogP contribution in [0.1, 0.15) is 18.9 Å². The quantitative estimate of drug-likeness (QED) is 0.290. The summed E-state index contributed by atoms with van der Waals surface area (Å²) in [6, 6.07) is 20.6. The maximum atomic E-state index is 11.8. The number of terminal acetylenes is 1. The van der Waals surface area contributed by atoms with Crippen molar-refractivity contribution < 1.29 is 9.53 Å². The average Bonchev–Trinajstić information content (AvgIpc) is 2.76. The van der Waals surface area contributed by atoms with Gasteiger partial charge in [0.2, 0.25) is 0 Å². The number of esters is 1. The second-order valence-electron chi connectivity index (χ2n) is 7.11. The van der Waals surface area contributed by atoms with Gasteiger partial charge in [0, 0.05) is 27.4 Å². The molecule has 0 spiro atoms. The van der Waals surface area contributed by atoms with Crippen molar-refractivity contribution in [1.82, 2.24) is 0 Å². The lowest BCUT2D eigenvalue weighted by Gasteiger charge is -2.30. The molecule has 3 aromatic rings. The first-order valence-electron chi connectivity index (χ1n) is 9.82. The van der Waals surface area contributed by atoms with Crippen molar-refractivity contribution in [2.75, 3.05) is 23.3 Å². The van der Waals surface area contributed by atoms with Gasteiger partial charge in [-0.15, -0.1) is 6.42 Å². The Bertz CT molecular complexity index is 1070. The summed E-state index contributed by atoms with van der Waals surface area (Å²) in [5, 5.41) is 2.18. The van der Waals surface area contributed by atoms with E-state index in [1.807, 2.05) is 31.2 Å². The molecule has 0 aliphatic carbocycles. The van der Waals surface area contributed by atoms with Crippen LogP contribution in [0, 0.1) is 19.3 Å². The van der Waals surface area contributed by atoms with Gasteiger partial charge >= 0.3 is 5.97 Å². The van der Waals surface area contributed by atoms with E-state index in [2.05, 4.69) is 58.9 Å². The molecule has 1 N–H and O–H groups in total. The average molecular weight is 419 g/mol. The smallest absolute Gasteiger partial charge is 0.307 e. The first kappa shape index (κ1) is 21.6. The van der Waals surface area contributed by atoms with Crippen LogP contribution < -0.4 is 9.62 Å². The van der Waals surface area contributed by atoms with E-state index >= 15 is 0 Å². The molecule has 0 aromatic heterocycles. The highest BCUT2D eigenvalue weighted by Gasteiger charge is 2.20. The van der Waals surface area contributed by atoms with Crippen molar-refractivity contribution in [2.45, 2.75) is 31.2 Å². The number of hydrogen-bond acceptors (Lipinski definition) is 5. The van der Waals surface area contributed by atoms with E-state index in [1.165, 1.54) is 17.6 Å². The Labute approximate surface area is 182 Å². The number of methoxy groups -OCH3 is 1. The van der Waals surface area contributed by atoms with Crippen LogP contribution >= 0.6 is 11.9 Å². The molecule has 0 radical (unpaired) electrons. The number of anilines is 2. The van der Waals surface area contributed by atoms with Crippen molar-refractivity contribution >= 4 is 40.1 Å². The molecule has 0 saturated heterocycles. The van der Waals surface area contributed by atoms with Gasteiger partial charge in [0.25, 0.3) is 0 Å². The number of benzene rings is 3. The molecule has 0 amide bonds. The van der Waals surface area contributed by atoms with Crippen LogP contribution in [0.2, 0.25) is 0 Å². The highest BCUT2D eigenvalue weighted by molar-refractivity contribution is 8.00. The van der Waals surface area contributed by atoms with Crippen molar-refractivity contribution in [3.05, 3.63) is 66.2 Å². The molecule has 0 heterocycles. The Balaban J connectivity index is 1.95. The molecule has 0 bridgehead atoms. The van der Waals surface area contributed by atoms with Crippen molar-refractivity contribution in [3.63, 3.8) is 0 Å². The van der Waals surface area contributed by atoms with E-state index in [1.54, 1.807) is 11.9 Å². The molecule has 4 nitrogen and oxygen atoms in total. The SMILES string of the molecule is C#CCN(c1ccc(NSc2ccccc2C)c2ccccc12)C(C)CC(=O)OC. The Morgan fingerprint density at radius 2 is 1.83 bits per heavy atom. The maximum Gasteiger partial charge on any atom is 0.307 e. The zero-order valence-electron chi connectivity index (χ0n) is 17.5. The molecule has 0 saturated carbocycles. The van der Waals surface area contributed by atoms with Gasteiger partial charge in [-0.05, 0) is 49.6 Å². The molecule has 0 aliphatic rings. The van der Waals surface area contributed by atoms with E-state index in [0.717, 1.165) is 22.1 Å². The van der Waals surface area contributed by atoms with Gasteiger partial charge in [-0.2, -0.15) is 0 Å². The molecule has 3 rings (SSSR count). The van der Waals surface area contributed by atoms with Gasteiger partial charge in [0.15, 0.2) is 0 Å². The Hall–Kier alpha value is -3.10. The Morgan fingerprint density at radius 3 is 2.53 bits per heavy atom. The van der Waals surface area contributed by atoms with Crippen molar-refractivity contribution in [2.24, 2.45) is 0 Å². The normalized spacial score (nSPS) is 11.5. The van der Waals surface area contributed by atoms with Crippen molar-refractivity contribution in [1.29, 1.82) is 0 Å².